The first-order valence-corrected chi connectivity index (χ1v) is 6.11. The maximum Gasteiger partial charge on any atom is 0.128 e. The Bertz CT molecular complexity index is 720. The van der Waals surface area contributed by atoms with Crippen molar-refractivity contribution in [2.45, 2.75) is 6.92 Å². The molecule has 2 aromatic carbocycles. The summed E-state index contributed by atoms with van der Waals surface area (Å²) in [6, 6.07) is 17.5. The molecule has 0 unspecified atom stereocenters. The number of nitrogens with two attached hydrogens (primary N) is 1. The second-order valence-corrected chi connectivity index (χ2v) is 4.51. The molecule has 3 heteroatoms. The Balaban J connectivity index is 1.93. The number of hydrogen-bond acceptors (Lipinski definition) is 3. The highest BCUT2D eigenvalue weighted by molar-refractivity contribution is 5.81. The number of pyridine rings is 1. The van der Waals surface area contributed by atoms with Crippen LogP contribution in [0.2, 0.25) is 0 Å². The van der Waals surface area contributed by atoms with E-state index in [-0.39, 0.29) is 0 Å². The van der Waals surface area contributed by atoms with Crippen molar-refractivity contribution >= 4 is 16.7 Å². The molecule has 0 bridgehead atoms. The van der Waals surface area contributed by atoms with Crippen molar-refractivity contribution in [3.8, 4) is 11.5 Å². The lowest BCUT2D eigenvalue weighted by Gasteiger charge is -2.07. The molecule has 0 spiro atoms. The average Bonchev–Trinajstić information content (AvgIpc) is 2.42. The molecule has 0 aliphatic heterocycles. The number of anilines is 1. The van der Waals surface area contributed by atoms with Gasteiger partial charge in [-0.15, -0.1) is 0 Å². The maximum absolute atomic E-state index is 5.81. The number of aromatic nitrogens is 1. The van der Waals surface area contributed by atoms with Crippen LogP contribution in [0.4, 0.5) is 5.82 Å². The molecule has 1 aromatic heterocycles. The summed E-state index contributed by atoms with van der Waals surface area (Å²) < 4.78 is 5.81. The molecule has 94 valence electrons. The molecule has 0 aliphatic rings. The van der Waals surface area contributed by atoms with Crippen molar-refractivity contribution in [3.63, 3.8) is 0 Å². The van der Waals surface area contributed by atoms with Crippen molar-refractivity contribution in [2.75, 3.05) is 5.73 Å². The van der Waals surface area contributed by atoms with Gasteiger partial charge in [0.2, 0.25) is 0 Å². The standard InChI is InChI=1S/C16H14N2O/c1-11-2-5-13(6-3-11)19-14-7-8-15-12(10-14)4-9-16(17)18-15/h2-10H,1H3,(H2,17,18). The SMILES string of the molecule is Cc1ccc(Oc2ccc3nc(N)ccc3c2)cc1. The number of nitrogens with zero attached hydrogens (tertiary/aromatic N) is 1. The number of nitrogen functional groups attached to an aromatic ring is 1. The summed E-state index contributed by atoms with van der Waals surface area (Å²) in [7, 11) is 0. The highest BCUT2D eigenvalue weighted by Crippen LogP contribution is 2.25. The van der Waals surface area contributed by atoms with E-state index in [1.807, 2.05) is 48.5 Å². The van der Waals surface area contributed by atoms with Crippen LogP contribution < -0.4 is 10.5 Å². The number of rotatable bonds is 2. The fourth-order valence-corrected chi connectivity index (χ4v) is 1.93. The van der Waals surface area contributed by atoms with Gasteiger partial charge in [0.15, 0.2) is 0 Å². The van der Waals surface area contributed by atoms with Crippen molar-refractivity contribution < 1.29 is 4.74 Å². The second-order valence-electron chi connectivity index (χ2n) is 4.51. The Hall–Kier alpha value is -2.55. The predicted octanol–water partition coefficient (Wildman–Crippen LogP) is 3.92. The largest absolute Gasteiger partial charge is 0.457 e. The average molecular weight is 250 g/mol. The first-order valence-electron chi connectivity index (χ1n) is 6.11. The Labute approximate surface area is 111 Å². The quantitative estimate of drug-likeness (QED) is 0.750. The zero-order valence-electron chi connectivity index (χ0n) is 10.6. The topological polar surface area (TPSA) is 48.1 Å². The summed E-state index contributed by atoms with van der Waals surface area (Å²) in [5, 5.41) is 1.01. The minimum Gasteiger partial charge on any atom is -0.457 e. The van der Waals surface area contributed by atoms with Crippen molar-refractivity contribution in [3.05, 3.63) is 60.2 Å². The molecule has 0 radical (unpaired) electrons. The van der Waals surface area contributed by atoms with Gasteiger partial charge in [-0.25, -0.2) is 4.98 Å². The molecule has 19 heavy (non-hydrogen) atoms. The lowest BCUT2D eigenvalue weighted by molar-refractivity contribution is 0.483. The molecule has 3 nitrogen and oxygen atoms in total. The normalized spacial score (nSPS) is 10.6. The summed E-state index contributed by atoms with van der Waals surface area (Å²) >= 11 is 0. The molecular formula is C16H14N2O. The van der Waals surface area contributed by atoms with E-state index in [1.54, 1.807) is 6.07 Å². The number of hydrogen-bond donors (Lipinski definition) is 1. The molecule has 0 amide bonds. The van der Waals surface area contributed by atoms with Crippen LogP contribution >= 0.6 is 0 Å². The Kier molecular flexibility index (Phi) is 2.80. The first-order chi connectivity index (χ1) is 9.20. The van der Waals surface area contributed by atoms with Gasteiger partial charge in [0.25, 0.3) is 0 Å². The van der Waals surface area contributed by atoms with Gasteiger partial charge in [0, 0.05) is 5.39 Å². The van der Waals surface area contributed by atoms with Crippen LogP contribution in [0.5, 0.6) is 11.5 Å². The predicted molar refractivity (Wildman–Crippen MR) is 77.4 cm³/mol. The Morgan fingerprint density at radius 2 is 1.63 bits per heavy atom. The van der Waals surface area contributed by atoms with Crippen molar-refractivity contribution in [1.82, 2.24) is 4.98 Å². The minimum atomic E-state index is 0.528. The molecule has 3 aromatic rings. The van der Waals surface area contributed by atoms with E-state index in [0.29, 0.717) is 5.82 Å². The highest BCUT2D eigenvalue weighted by atomic mass is 16.5. The van der Waals surface area contributed by atoms with E-state index in [0.717, 1.165) is 22.4 Å². The smallest absolute Gasteiger partial charge is 0.128 e. The number of fused-ring (bicyclic) bond motifs is 1. The van der Waals surface area contributed by atoms with E-state index >= 15 is 0 Å². The summed E-state index contributed by atoms with van der Waals surface area (Å²) in [5.74, 6) is 2.15. The van der Waals surface area contributed by atoms with Crippen molar-refractivity contribution in [1.29, 1.82) is 0 Å². The summed E-state index contributed by atoms with van der Waals surface area (Å²) in [6.45, 7) is 2.05. The third-order valence-corrected chi connectivity index (χ3v) is 2.94. The molecule has 2 N–H and O–H groups in total. The van der Waals surface area contributed by atoms with E-state index < -0.39 is 0 Å². The van der Waals surface area contributed by atoms with Gasteiger partial charge in [0.1, 0.15) is 17.3 Å². The maximum atomic E-state index is 5.81. The molecule has 0 aliphatic carbocycles. The van der Waals surface area contributed by atoms with Gasteiger partial charge in [-0.3, -0.25) is 0 Å². The lowest BCUT2D eigenvalue weighted by Crippen LogP contribution is -1.90. The van der Waals surface area contributed by atoms with Gasteiger partial charge < -0.3 is 10.5 Å². The highest BCUT2D eigenvalue weighted by Gasteiger charge is 2.01. The molecule has 3 rings (SSSR count). The van der Waals surface area contributed by atoms with Crippen LogP contribution in [0, 0.1) is 6.92 Å². The fraction of sp³-hybridized carbons (Fsp3) is 0.0625. The van der Waals surface area contributed by atoms with E-state index in [4.69, 9.17) is 10.5 Å². The van der Waals surface area contributed by atoms with Gasteiger partial charge in [0.05, 0.1) is 5.52 Å². The molecule has 0 saturated carbocycles. The number of ether oxygens (including phenoxy) is 1. The molecular weight excluding hydrogens is 236 g/mol. The third kappa shape index (κ3) is 2.50. The number of aryl methyl sites for hydroxylation is 1. The molecule has 0 saturated heterocycles. The van der Waals surface area contributed by atoms with Crippen LogP contribution in [0.25, 0.3) is 10.9 Å². The van der Waals surface area contributed by atoms with Gasteiger partial charge in [-0.05, 0) is 49.4 Å². The van der Waals surface area contributed by atoms with Gasteiger partial charge in [-0.2, -0.15) is 0 Å². The zero-order chi connectivity index (χ0) is 13.2. The third-order valence-electron chi connectivity index (χ3n) is 2.94. The zero-order valence-corrected chi connectivity index (χ0v) is 10.6. The molecule has 0 fully saturated rings. The van der Waals surface area contributed by atoms with Crippen molar-refractivity contribution in [2.24, 2.45) is 0 Å². The summed E-state index contributed by atoms with van der Waals surface area (Å²) in [6.07, 6.45) is 0. The molecule has 0 atom stereocenters. The van der Waals surface area contributed by atoms with E-state index in [9.17, 15) is 0 Å². The summed E-state index contributed by atoms with van der Waals surface area (Å²) in [4.78, 5) is 4.26. The lowest BCUT2D eigenvalue weighted by atomic mass is 10.2. The van der Waals surface area contributed by atoms with Crippen LogP contribution in [0.3, 0.4) is 0 Å². The van der Waals surface area contributed by atoms with Crippen LogP contribution in [-0.4, -0.2) is 4.98 Å². The summed E-state index contributed by atoms with van der Waals surface area (Å²) in [5.41, 5.74) is 7.74. The van der Waals surface area contributed by atoms with Crippen LogP contribution in [-0.2, 0) is 0 Å². The van der Waals surface area contributed by atoms with Crippen LogP contribution in [0.1, 0.15) is 5.56 Å². The van der Waals surface area contributed by atoms with Crippen LogP contribution in [0.15, 0.2) is 54.6 Å². The fourth-order valence-electron chi connectivity index (χ4n) is 1.93. The van der Waals surface area contributed by atoms with E-state index in [2.05, 4.69) is 11.9 Å². The first kappa shape index (κ1) is 11.5. The monoisotopic (exact) mass is 250 g/mol. The van der Waals surface area contributed by atoms with Gasteiger partial charge in [-0.1, -0.05) is 17.7 Å². The Morgan fingerprint density at radius 3 is 2.42 bits per heavy atom. The van der Waals surface area contributed by atoms with E-state index in [1.165, 1.54) is 5.56 Å². The Morgan fingerprint density at radius 1 is 0.895 bits per heavy atom. The minimum absolute atomic E-state index is 0.528. The van der Waals surface area contributed by atoms with Gasteiger partial charge >= 0.3 is 0 Å². The second kappa shape index (κ2) is 4.61. The number of benzene rings is 2. The molecule has 1 heterocycles.